The molecule has 0 aliphatic carbocycles. The number of ether oxygens (including phenoxy) is 1. The highest BCUT2D eigenvalue weighted by Crippen LogP contribution is 2.20. The van der Waals surface area contributed by atoms with E-state index in [1.807, 2.05) is 6.92 Å². The number of nitrogens with zero attached hydrogens (tertiary/aromatic N) is 2. The first-order valence-corrected chi connectivity index (χ1v) is 6.86. The molecule has 0 bridgehead atoms. The minimum absolute atomic E-state index is 0.0119. The average molecular weight is 298 g/mol. The maximum atomic E-state index is 12.1. The molecule has 0 atom stereocenters. The molecule has 0 unspecified atom stereocenters. The Morgan fingerprint density at radius 2 is 2.23 bits per heavy atom. The lowest BCUT2D eigenvalue weighted by Crippen LogP contribution is -2.08. The Balaban J connectivity index is 1.66. The zero-order valence-corrected chi connectivity index (χ0v) is 12.0. The van der Waals surface area contributed by atoms with E-state index in [4.69, 9.17) is 13.6 Å². The van der Waals surface area contributed by atoms with Gasteiger partial charge in [-0.15, -0.1) is 0 Å². The Morgan fingerprint density at radius 1 is 1.32 bits per heavy atom. The Hall–Kier alpha value is -2.89. The van der Waals surface area contributed by atoms with Gasteiger partial charge in [0.05, 0.1) is 18.0 Å². The molecule has 0 saturated carbocycles. The van der Waals surface area contributed by atoms with Crippen LogP contribution < -0.4 is 0 Å². The SMILES string of the molecule is CCc1cnccc1C(=O)OCc1cnc(-c2ccco2)o1. The van der Waals surface area contributed by atoms with Gasteiger partial charge < -0.3 is 13.6 Å². The van der Waals surface area contributed by atoms with E-state index in [9.17, 15) is 4.79 Å². The van der Waals surface area contributed by atoms with Crippen LogP contribution in [0.15, 0.2) is 51.9 Å². The van der Waals surface area contributed by atoms with Crippen molar-refractivity contribution in [2.45, 2.75) is 20.0 Å². The monoisotopic (exact) mass is 298 g/mol. The lowest BCUT2D eigenvalue weighted by Gasteiger charge is -2.06. The van der Waals surface area contributed by atoms with Crippen molar-refractivity contribution < 1.29 is 18.4 Å². The van der Waals surface area contributed by atoms with Gasteiger partial charge in [0.25, 0.3) is 5.89 Å². The standard InChI is InChI=1S/C16H14N2O4/c1-2-11-8-17-6-5-13(11)16(19)21-10-12-9-18-15(22-12)14-4-3-7-20-14/h3-9H,2,10H2,1H3. The molecule has 0 aromatic carbocycles. The van der Waals surface area contributed by atoms with Gasteiger partial charge in [-0.2, -0.15) is 0 Å². The van der Waals surface area contributed by atoms with Crippen LogP contribution in [0.5, 0.6) is 0 Å². The van der Waals surface area contributed by atoms with E-state index in [2.05, 4.69) is 9.97 Å². The molecular formula is C16H14N2O4. The van der Waals surface area contributed by atoms with Crippen molar-refractivity contribution >= 4 is 5.97 Å². The van der Waals surface area contributed by atoms with Crippen molar-refractivity contribution in [2.24, 2.45) is 0 Å². The Morgan fingerprint density at radius 3 is 3.00 bits per heavy atom. The molecule has 0 aliphatic rings. The van der Waals surface area contributed by atoms with Crippen LogP contribution in [0.25, 0.3) is 11.7 Å². The van der Waals surface area contributed by atoms with E-state index in [1.54, 1.807) is 30.6 Å². The van der Waals surface area contributed by atoms with Gasteiger partial charge in [-0.3, -0.25) is 4.98 Å². The van der Waals surface area contributed by atoms with Gasteiger partial charge >= 0.3 is 5.97 Å². The molecule has 0 amide bonds. The summed E-state index contributed by atoms with van der Waals surface area (Å²) < 4.78 is 15.9. The number of hydrogen-bond acceptors (Lipinski definition) is 6. The van der Waals surface area contributed by atoms with Crippen molar-refractivity contribution in [1.82, 2.24) is 9.97 Å². The lowest BCUT2D eigenvalue weighted by molar-refractivity contribution is 0.0445. The van der Waals surface area contributed by atoms with Gasteiger partial charge in [0.1, 0.15) is 0 Å². The van der Waals surface area contributed by atoms with Crippen LogP contribution in [0, 0.1) is 0 Å². The maximum absolute atomic E-state index is 12.1. The first-order valence-electron chi connectivity index (χ1n) is 6.86. The zero-order valence-electron chi connectivity index (χ0n) is 12.0. The smallest absolute Gasteiger partial charge is 0.338 e. The summed E-state index contributed by atoms with van der Waals surface area (Å²) in [6, 6.07) is 5.14. The molecule has 22 heavy (non-hydrogen) atoms. The molecule has 0 N–H and O–H groups in total. The van der Waals surface area contributed by atoms with Gasteiger partial charge in [-0.25, -0.2) is 9.78 Å². The summed E-state index contributed by atoms with van der Waals surface area (Å²) in [5, 5.41) is 0. The van der Waals surface area contributed by atoms with Crippen molar-refractivity contribution in [3.8, 4) is 11.7 Å². The van der Waals surface area contributed by atoms with Crippen LogP contribution in [0.1, 0.15) is 28.6 Å². The van der Waals surface area contributed by atoms with Crippen LogP contribution in [0.2, 0.25) is 0 Å². The number of aromatic nitrogens is 2. The van der Waals surface area contributed by atoms with Crippen molar-refractivity contribution in [1.29, 1.82) is 0 Å². The summed E-state index contributed by atoms with van der Waals surface area (Å²) in [5.41, 5.74) is 1.37. The van der Waals surface area contributed by atoms with Gasteiger partial charge in [0, 0.05) is 12.4 Å². The third-order valence-corrected chi connectivity index (χ3v) is 3.14. The second-order valence-electron chi connectivity index (χ2n) is 4.57. The van der Waals surface area contributed by atoms with E-state index >= 15 is 0 Å². The first kappa shape index (κ1) is 14.1. The lowest BCUT2D eigenvalue weighted by atomic mass is 10.1. The van der Waals surface area contributed by atoms with Crippen LogP contribution in [-0.2, 0) is 17.8 Å². The second kappa shape index (κ2) is 6.26. The largest absolute Gasteiger partial charge is 0.459 e. The van der Waals surface area contributed by atoms with E-state index < -0.39 is 5.97 Å². The highest BCUT2D eigenvalue weighted by atomic mass is 16.5. The molecular weight excluding hydrogens is 284 g/mol. The van der Waals surface area contributed by atoms with Crippen LogP contribution in [0.3, 0.4) is 0 Å². The second-order valence-corrected chi connectivity index (χ2v) is 4.57. The highest BCUT2D eigenvalue weighted by molar-refractivity contribution is 5.90. The number of pyridine rings is 1. The number of hydrogen-bond donors (Lipinski definition) is 0. The maximum Gasteiger partial charge on any atom is 0.338 e. The Bertz CT molecular complexity index is 762. The molecule has 6 heteroatoms. The molecule has 112 valence electrons. The van der Waals surface area contributed by atoms with E-state index in [0.29, 0.717) is 29.4 Å². The van der Waals surface area contributed by atoms with E-state index in [-0.39, 0.29) is 6.61 Å². The summed E-state index contributed by atoms with van der Waals surface area (Å²) in [5.74, 6) is 0.927. The Labute approximate surface area is 126 Å². The molecule has 3 rings (SSSR count). The summed E-state index contributed by atoms with van der Waals surface area (Å²) in [6.45, 7) is 1.97. The van der Waals surface area contributed by atoms with Gasteiger partial charge in [-0.1, -0.05) is 6.92 Å². The summed E-state index contributed by atoms with van der Waals surface area (Å²) in [7, 11) is 0. The van der Waals surface area contributed by atoms with Crippen LogP contribution in [0.4, 0.5) is 0 Å². The quantitative estimate of drug-likeness (QED) is 0.673. The van der Waals surface area contributed by atoms with Crippen molar-refractivity contribution in [3.05, 3.63) is 59.9 Å². The number of carbonyl (C=O) groups excluding carboxylic acids is 1. The van der Waals surface area contributed by atoms with Crippen LogP contribution in [-0.4, -0.2) is 15.9 Å². The van der Waals surface area contributed by atoms with Gasteiger partial charge in [0.15, 0.2) is 18.1 Å². The zero-order chi connectivity index (χ0) is 15.4. The molecule has 0 saturated heterocycles. The number of furan rings is 1. The predicted molar refractivity (Wildman–Crippen MR) is 76.9 cm³/mol. The number of carbonyl (C=O) groups is 1. The number of oxazole rings is 1. The normalized spacial score (nSPS) is 10.6. The first-order chi connectivity index (χ1) is 10.8. The van der Waals surface area contributed by atoms with E-state index in [1.165, 1.54) is 12.5 Å². The average Bonchev–Trinajstić information content (AvgIpc) is 3.23. The molecule has 3 aromatic heterocycles. The number of rotatable bonds is 5. The molecule has 6 nitrogen and oxygen atoms in total. The fourth-order valence-corrected chi connectivity index (χ4v) is 2.01. The van der Waals surface area contributed by atoms with Gasteiger partial charge in [0.2, 0.25) is 0 Å². The van der Waals surface area contributed by atoms with Gasteiger partial charge in [-0.05, 0) is 30.2 Å². The molecule has 3 heterocycles. The summed E-state index contributed by atoms with van der Waals surface area (Å²) in [6.07, 6.45) is 7.00. The topological polar surface area (TPSA) is 78.4 Å². The minimum atomic E-state index is -0.407. The molecule has 0 spiro atoms. The molecule has 0 radical (unpaired) electrons. The molecule has 3 aromatic rings. The van der Waals surface area contributed by atoms with Crippen LogP contribution >= 0.6 is 0 Å². The summed E-state index contributed by atoms with van der Waals surface area (Å²) >= 11 is 0. The Kier molecular flexibility index (Phi) is 4.00. The predicted octanol–water partition coefficient (Wildman–Crippen LogP) is 3.25. The third-order valence-electron chi connectivity index (χ3n) is 3.14. The minimum Gasteiger partial charge on any atom is -0.459 e. The fraction of sp³-hybridized carbons (Fsp3) is 0.188. The third kappa shape index (κ3) is 2.90. The van der Waals surface area contributed by atoms with Crippen molar-refractivity contribution in [3.63, 3.8) is 0 Å². The number of aryl methyl sites for hydroxylation is 1. The van der Waals surface area contributed by atoms with E-state index in [0.717, 1.165) is 5.56 Å². The fourth-order valence-electron chi connectivity index (χ4n) is 2.01. The van der Waals surface area contributed by atoms with Crippen molar-refractivity contribution in [2.75, 3.05) is 0 Å². The highest BCUT2D eigenvalue weighted by Gasteiger charge is 2.14. The summed E-state index contributed by atoms with van der Waals surface area (Å²) in [4.78, 5) is 20.2. The molecule has 0 fully saturated rings. The molecule has 0 aliphatic heterocycles. The number of esters is 1.